The number of benzene rings is 2. The summed E-state index contributed by atoms with van der Waals surface area (Å²) < 4.78 is 5.97. The number of aliphatic carboxylic acids is 1. The molecule has 23 heavy (non-hydrogen) atoms. The molecule has 0 aromatic heterocycles. The predicted octanol–water partition coefficient (Wildman–Crippen LogP) is 3.36. The number of thioether (sulfide) groups is 1. The van der Waals surface area contributed by atoms with Crippen LogP contribution in [0.15, 0.2) is 48.5 Å². The molecule has 0 saturated carbocycles. The summed E-state index contributed by atoms with van der Waals surface area (Å²) in [5.74, 6) is 0.550. The molecular weight excluding hydrogens is 310 g/mol. The minimum atomic E-state index is -0.807. The van der Waals surface area contributed by atoms with E-state index in [4.69, 9.17) is 9.84 Å². The largest absolute Gasteiger partial charge is 0.489 e. The molecule has 1 fully saturated rings. The minimum absolute atomic E-state index is 0.0506. The van der Waals surface area contributed by atoms with Gasteiger partial charge in [0, 0.05) is 11.3 Å². The number of ether oxygens (including phenoxy) is 1. The van der Waals surface area contributed by atoms with Crippen LogP contribution >= 0.6 is 11.8 Å². The van der Waals surface area contributed by atoms with Gasteiger partial charge in [0.2, 0.25) is 0 Å². The number of carboxylic acids is 1. The topological polar surface area (TPSA) is 58.6 Å². The molecule has 0 radical (unpaired) electrons. The van der Waals surface area contributed by atoms with E-state index in [2.05, 4.69) is 36.5 Å². The van der Waals surface area contributed by atoms with E-state index < -0.39 is 12.0 Å². The van der Waals surface area contributed by atoms with Gasteiger partial charge in [0.1, 0.15) is 18.4 Å². The van der Waals surface area contributed by atoms with Crippen LogP contribution in [0.25, 0.3) is 0 Å². The Morgan fingerprint density at radius 2 is 2.00 bits per heavy atom. The Balaban J connectivity index is 1.71. The molecule has 2 aromatic rings. The maximum atomic E-state index is 11.1. The molecule has 0 amide bonds. The molecule has 2 aromatic carbocycles. The highest BCUT2D eigenvalue weighted by molar-refractivity contribution is 7.99. The normalized spacial score (nSPS) is 20.4. The van der Waals surface area contributed by atoms with Gasteiger partial charge < -0.3 is 9.84 Å². The number of nitrogens with one attached hydrogen (secondary N) is 1. The maximum absolute atomic E-state index is 11.1. The number of hydrogen-bond donors (Lipinski definition) is 2. The van der Waals surface area contributed by atoms with Crippen molar-refractivity contribution in [1.82, 2.24) is 5.32 Å². The van der Waals surface area contributed by atoms with Crippen molar-refractivity contribution in [2.75, 3.05) is 5.75 Å². The van der Waals surface area contributed by atoms with Gasteiger partial charge >= 0.3 is 5.97 Å². The lowest BCUT2D eigenvalue weighted by atomic mass is 10.1. The first kappa shape index (κ1) is 15.9. The molecule has 2 N–H and O–H groups in total. The van der Waals surface area contributed by atoms with Gasteiger partial charge in [-0.2, -0.15) is 0 Å². The smallest absolute Gasteiger partial charge is 0.321 e. The molecule has 4 nitrogen and oxygen atoms in total. The Labute approximate surface area is 139 Å². The molecule has 1 saturated heterocycles. The fraction of sp³-hybridized carbons (Fsp3) is 0.278. The summed E-state index contributed by atoms with van der Waals surface area (Å²) in [5.41, 5.74) is 3.33. The Morgan fingerprint density at radius 1 is 1.26 bits per heavy atom. The van der Waals surface area contributed by atoms with Crippen molar-refractivity contribution in [2.45, 2.75) is 24.9 Å². The van der Waals surface area contributed by atoms with Gasteiger partial charge in [-0.1, -0.05) is 48.0 Å². The van der Waals surface area contributed by atoms with Gasteiger partial charge in [0.05, 0.1) is 5.37 Å². The van der Waals surface area contributed by atoms with Crippen molar-refractivity contribution >= 4 is 17.7 Å². The summed E-state index contributed by atoms with van der Waals surface area (Å²) >= 11 is 1.60. The molecule has 1 aliphatic rings. The Bertz CT molecular complexity index is 687. The lowest BCUT2D eigenvalue weighted by molar-refractivity contribution is -0.138. The van der Waals surface area contributed by atoms with Crippen molar-refractivity contribution in [3.05, 3.63) is 65.2 Å². The van der Waals surface area contributed by atoms with Gasteiger partial charge in [-0.3, -0.25) is 10.1 Å². The number of para-hydroxylation sites is 1. The first-order valence-corrected chi connectivity index (χ1v) is 8.56. The number of carboxylic acid groups (broad SMARTS) is 1. The standard InChI is InChI=1S/C18H19NO3S/c1-12-6-8-13(9-7-12)10-22-16-5-3-2-4-14(16)17-19-15(11-23-17)18(20)21/h2-9,15,17,19H,10-11H2,1H3,(H,20,21). The second-order valence-corrected chi connectivity index (χ2v) is 6.72. The highest BCUT2D eigenvalue weighted by Crippen LogP contribution is 2.37. The van der Waals surface area contributed by atoms with Gasteiger partial charge in [-0.25, -0.2) is 0 Å². The summed E-state index contributed by atoms with van der Waals surface area (Å²) in [5, 5.41) is 12.2. The molecule has 1 heterocycles. The first-order valence-electron chi connectivity index (χ1n) is 7.51. The van der Waals surface area contributed by atoms with Crippen LogP contribution in [-0.2, 0) is 11.4 Å². The molecule has 0 bridgehead atoms. The molecular formula is C18H19NO3S. The van der Waals surface area contributed by atoms with Crippen LogP contribution in [0.3, 0.4) is 0 Å². The zero-order valence-corrected chi connectivity index (χ0v) is 13.7. The third-order valence-corrected chi connectivity index (χ3v) is 5.05. The maximum Gasteiger partial charge on any atom is 0.321 e. The highest BCUT2D eigenvalue weighted by Gasteiger charge is 2.31. The summed E-state index contributed by atoms with van der Waals surface area (Å²) in [7, 11) is 0. The molecule has 1 aliphatic heterocycles. The molecule has 120 valence electrons. The summed E-state index contributed by atoms with van der Waals surface area (Å²) in [4.78, 5) is 11.1. The van der Waals surface area contributed by atoms with E-state index in [1.807, 2.05) is 24.3 Å². The molecule has 0 aliphatic carbocycles. The molecule has 2 unspecified atom stereocenters. The molecule has 0 spiro atoms. The number of aryl methyl sites for hydroxylation is 1. The van der Waals surface area contributed by atoms with E-state index in [-0.39, 0.29) is 5.37 Å². The van der Waals surface area contributed by atoms with Crippen LogP contribution in [0, 0.1) is 6.92 Å². The molecule has 3 rings (SSSR count). The van der Waals surface area contributed by atoms with Crippen molar-refractivity contribution in [1.29, 1.82) is 0 Å². The third kappa shape index (κ3) is 3.86. The Kier molecular flexibility index (Phi) is 4.88. The van der Waals surface area contributed by atoms with E-state index in [0.29, 0.717) is 12.4 Å². The predicted molar refractivity (Wildman–Crippen MR) is 91.7 cm³/mol. The summed E-state index contributed by atoms with van der Waals surface area (Å²) in [6.45, 7) is 2.55. The van der Waals surface area contributed by atoms with E-state index >= 15 is 0 Å². The first-order chi connectivity index (χ1) is 11.1. The Morgan fingerprint density at radius 3 is 2.70 bits per heavy atom. The van der Waals surface area contributed by atoms with Crippen molar-refractivity contribution < 1.29 is 14.6 Å². The van der Waals surface area contributed by atoms with Crippen molar-refractivity contribution in [2.24, 2.45) is 0 Å². The van der Waals surface area contributed by atoms with Crippen molar-refractivity contribution in [3.63, 3.8) is 0 Å². The van der Waals surface area contributed by atoms with Crippen LogP contribution in [-0.4, -0.2) is 22.9 Å². The Hall–Kier alpha value is -1.98. The SMILES string of the molecule is Cc1ccc(COc2ccccc2C2NC(C(=O)O)CS2)cc1. The van der Waals surface area contributed by atoms with Crippen LogP contribution in [0.4, 0.5) is 0 Å². The number of carbonyl (C=O) groups is 1. The summed E-state index contributed by atoms with van der Waals surface area (Å²) in [6, 6.07) is 15.5. The van der Waals surface area contributed by atoms with Gasteiger partial charge in [0.25, 0.3) is 0 Å². The fourth-order valence-electron chi connectivity index (χ4n) is 2.47. The van der Waals surface area contributed by atoms with Gasteiger partial charge in [0.15, 0.2) is 0 Å². The molecule has 5 heteroatoms. The monoisotopic (exact) mass is 329 g/mol. The van der Waals surface area contributed by atoms with E-state index in [1.165, 1.54) is 5.56 Å². The minimum Gasteiger partial charge on any atom is -0.489 e. The quantitative estimate of drug-likeness (QED) is 0.881. The second-order valence-electron chi connectivity index (χ2n) is 5.58. The van der Waals surface area contributed by atoms with E-state index in [9.17, 15) is 4.79 Å². The lowest BCUT2D eigenvalue weighted by Gasteiger charge is -2.16. The highest BCUT2D eigenvalue weighted by atomic mass is 32.2. The number of rotatable bonds is 5. The van der Waals surface area contributed by atoms with Crippen LogP contribution in [0.1, 0.15) is 22.1 Å². The van der Waals surface area contributed by atoms with E-state index in [1.54, 1.807) is 11.8 Å². The van der Waals surface area contributed by atoms with E-state index in [0.717, 1.165) is 16.9 Å². The average Bonchev–Trinajstić information content (AvgIpc) is 3.05. The second kappa shape index (κ2) is 7.06. The van der Waals surface area contributed by atoms with Gasteiger partial charge in [-0.05, 0) is 18.6 Å². The number of hydrogen-bond acceptors (Lipinski definition) is 4. The van der Waals surface area contributed by atoms with Crippen LogP contribution < -0.4 is 10.1 Å². The molecule has 2 atom stereocenters. The lowest BCUT2D eigenvalue weighted by Crippen LogP contribution is -2.33. The third-order valence-electron chi connectivity index (χ3n) is 3.80. The fourth-order valence-corrected chi connectivity index (χ4v) is 3.73. The van der Waals surface area contributed by atoms with Crippen molar-refractivity contribution in [3.8, 4) is 5.75 Å². The van der Waals surface area contributed by atoms with Gasteiger partial charge in [-0.15, -0.1) is 11.8 Å². The zero-order chi connectivity index (χ0) is 16.2. The summed E-state index contributed by atoms with van der Waals surface area (Å²) in [6.07, 6.45) is 0. The van der Waals surface area contributed by atoms with Crippen LogP contribution in [0.5, 0.6) is 5.75 Å². The zero-order valence-electron chi connectivity index (χ0n) is 12.9. The average molecular weight is 329 g/mol. The van der Waals surface area contributed by atoms with Crippen LogP contribution in [0.2, 0.25) is 0 Å².